The molecule has 0 bridgehead atoms. The van der Waals surface area contributed by atoms with Crippen LogP contribution in [0.5, 0.6) is 0 Å². The zero-order valence-electron chi connectivity index (χ0n) is 10.4. The van der Waals surface area contributed by atoms with Gasteiger partial charge in [0, 0.05) is 4.90 Å². The molecule has 0 aromatic heterocycles. The van der Waals surface area contributed by atoms with Crippen LogP contribution in [-0.4, -0.2) is 12.1 Å². The zero-order chi connectivity index (χ0) is 13.5. The van der Waals surface area contributed by atoms with Crippen LogP contribution in [0, 0.1) is 6.92 Å². The second-order valence-electron chi connectivity index (χ2n) is 4.48. The standard InChI is InChI=1S/C14H13NO2S2/c1-11-6-8-13(9-7-11)19(16,17)15-10-12-4-2-3-5-14(12)18-15/h2-9H,10H2,1H3. The summed E-state index contributed by atoms with van der Waals surface area (Å²) in [6, 6.07) is 14.7. The Balaban J connectivity index is 1.94. The molecule has 0 saturated heterocycles. The van der Waals surface area contributed by atoms with Crippen LogP contribution in [0.4, 0.5) is 0 Å². The lowest BCUT2D eigenvalue weighted by molar-refractivity contribution is 0.544. The van der Waals surface area contributed by atoms with Gasteiger partial charge < -0.3 is 0 Å². The van der Waals surface area contributed by atoms with Crippen LogP contribution in [0.2, 0.25) is 0 Å². The third kappa shape index (κ3) is 2.29. The van der Waals surface area contributed by atoms with Crippen LogP contribution in [-0.2, 0) is 16.6 Å². The van der Waals surface area contributed by atoms with Crippen molar-refractivity contribution in [2.45, 2.75) is 23.3 Å². The predicted octanol–water partition coefficient (Wildman–Crippen LogP) is 3.21. The highest BCUT2D eigenvalue weighted by molar-refractivity contribution is 8.08. The minimum absolute atomic E-state index is 0.346. The highest BCUT2D eigenvalue weighted by Gasteiger charge is 2.31. The number of benzene rings is 2. The maximum atomic E-state index is 12.5. The molecule has 98 valence electrons. The third-order valence-corrected chi connectivity index (χ3v) is 6.33. The molecule has 0 spiro atoms. The monoisotopic (exact) mass is 291 g/mol. The van der Waals surface area contributed by atoms with Crippen LogP contribution >= 0.6 is 11.9 Å². The maximum Gasteiger partial charge on any atom is 0.252 e. The van der Waals surface area contributed by atoms with E-state index in [1.807, 2.05) is 43.3 Å². The Morgan fingerprint density at radius 2 is 1.74 bits per heavy atom. The van der Waals surface area contributed by atoms with Crippen LogP contribution < -0.4 is 0 Å². The molecular formula is C14H13NO2S2. The van der Waals surface area contributed by atoms with E-state index in [-0.39, 0.29) is 0 Å². The van der Waals surface area contributed by atoms with Gasteiger partial charge in [-0.05, 0) is 42.6 Å². The van der Waals surface area contributed by atoms with Gasteiger partial charge in [0.15, 0.2) is 0 Å². The predicted molar refractivity (Wildman–Crippen MR) is 76.2 cm³/mol. The molecular weight excluding hydrogens is 278 g/mol. The topological polar surface area (TPSA) is 37.4 Å². The van der Waals surface area contributed by atoms with Gasteiger partial charge in [0.05, 0.1) is 11.4 Å². The van der Waals surface area contributed by atoms with Crippen LogP contribution in [0.25, 0.3) is 0 Å². The molecule has 0 saturated carbocycles. The summed E-state index contributed by atoms with van der Waals surface area (Å²) in [5.74, 6) is 0. The number of aryl methyl sites for hydroxylation is 1. The van der Waals surface area contributed by atoms with Crippen LogP contribution in [0.1, 0.15) is 11.1 Å². The minimum atomic E-state index is -3.43. The average molecular weight is 291 g/mol. The first-order valence-corrected chi connectivity index (χ1v) is 8.14. The summed E-state index contributed by atoms with van der Waals surface area (Å²) in [6.45, 7) is 2.37. The fourth-order valence-electron chi connectivity index (χ4n) is 1.97. The summed E-state index contributed by atoms with van der Waals surface area (Å²) >= 11 is 1.29. The number of sulfonamides is 1. The van der Waals surface area contributed by atoms with E-state index in [4.69, 9.17) is 0 Å². The van der Waals surface area contributed by atoms with Crippen LogP contribution in [0.15, 0.2) is 58.3 Å². The Bertz CT molecular complexity index is 683. The summed E-state index contributed by atoms with van der Waals surface area (Å²) in [6.07, 6.45) is 0. The number of fused-ring (bicyclic) bond motifs is 1. The third-order valence-electron chi connectivity index (χ3n) is 3.06. The fourth-order valence-corrected chi connectivity index (χ4v) is 4.69. The molecule has 1 heterocycles. The Morgan fingerprint density at radius 1 is 1.05 bits per heavy atom. The molecule has 19 heavy (non-hydrogen) atoms. The highest BCUT2D eigenvalue weighted by atomic mass is 32.3. The van der Waals surface area contributed by atoms with Crippen molar-refractivity contribution in [3.63, 3.8) is 0 Å². The second-order valence-corrected chi connectivity index (χ2v) is 7.63. The SMILES string of the molecule is Cc1ccc(S(=O)(=O)N2Cc3ccccc3S2)cc1. The molecule has 2 aromatic carbocycles. The molecule has 1 aliphatic heterocycles. The summed E-state index contributed by atoms with van der Waals surface area (Å²) in [5, 5.41) is 0. The Hall–Kier alpha value is -1.30. The average Bonchev–Trinajstić information content (AvgIpc) is 2.83. The lowest BCUT2D eigenvalue weighted by Crippen LogP contribution is -2.20. The smallest absolute Gasteiger partial charge is 0.206 e. The lowest BCUT2D eigenvalue weighted by atomic mass is 10.2. The normalized spacial score (nSPS) is 15.4. The highest BCUT2D eigenvalue weighted by Crippen LogP contribution is 2.39. The Labute approximate surface area is 117 Å². The molecule has 0 unspecified atom stereocenters. The maximum absolute atomic E-state index is 12.5. The summed E-state index contributed by atoms with van der Waals surface area (Å²) < 4.78 is 26.5. The molecule has 1 aliphatic rings. The minimum Gasteiger partial charge on any atom is -0.206 e. The molecule has 0 N–H and O–H groups in total. The zero-order valence-corrected chi connectivity index (χ0v) is 12.0. The van der Waals surface area contributed by atoms with Gasteiger partial charge in [0.25, 0.3) is 10.0 Å². The first kappa shape index (κ1) is 12.7. The molecule has 3 nitrogen and oxygen atoms in total. The molecule has 0 atom stereocenters. The van der Waals surface area contributed by atoms with Crippen LogP contribution in [0.3, 0.4) is 0 Å². The van der Waals surface area contributed by atoms with E-state index in [0.29, 0.717) is 11.4 Å². The molecule has 2 aromatic rings. The second kappa shape index (κ2) is 4.67. The number of rotatable bonds is 2. The van der Waals surface area contributed by atoms with Gasteiger partial charge in [-0.3, -0.25) is 0 Å². The van der Waals surface area contributed by atoms with Crippen molar-refractivity contribution in [3.05, 3.63) is 59.7 Å². The number of hydrogen-bond donors (Lipinski definition) is 0. The van der Waals surface area contributed by atoms with Crippen molar-refractivity contribution < 1.29 is 8.42 Å². The van der Waals surface area contributed by atoms with Crippen molar-refractivity contribution in [1.82, 2.24) is 3.71 Å². The molecule has 0 amide bonds. The molecule has 0 aliphatic carbocycles. The number of nitrogens with zero attached hydrogens (tertiary/aromatic N) is 1. The van der Waals surface area contributed by atoms with Gasteiger partial charge >= 0.3 is 0 Å². The van der Waals surface area contributed by atoms with E-state index in [2.05, 4.69) is 0 Å². The Morgan fingerprint density at radius 3 is 2.42 bits per heavy atom. The Kier molecular flexibility index (Phi) is 3.12. The van der Waals surface area contributed by atoms with E-state index in [1.165, 1.54) is 15.7 Å². The van der Waals surface area contributed by atoms with Crippen molar-refractivity contribution in [1.29, 1.82) is 0 Å². The largest absolute Gasteiger partial charge is 0.252 e. The first-order chi connectivity index (χ1) is 9.07. The molecule has 0 fully saturated rings. The van der Waals surface area contributed by atoms with Gasteiger partial charge in [0.2, 0.25) is 0 Å². The van der Waals surface area contributed by atoms with E-state index < -0.39 is 10.0 Å². The van der Waals surface area contributed by atoms with Crippen molar-refractivity contribution >= 4 is 22.0 Å². The van der Waals surface area contributed by atoms with Gasteiger partial charge in [-0.15, -0.1) is 3.71 Å². The van der Waals surface area contributed by atoms with Gasteiger partial charge in [-0.25, -0.2) is 8.42 Å². The summed E-state index contributed by atoms with van der Waals surface area (Å²) in [4.78, 5) is 1.36. The van der Waals surface area contributed by atoms with Crippen molar-refractivity contribution in [2.24, 2.45) is 0 Å². The summed E-state index contributed by atoms with van der Waals surface area (Å²) in [7, 11) is -3.43. The van der Waals surface area contributed by atoms with Gasteiger partial charge in [-0.2, -0.15) is 0 Å². The van der Waals surface area contributed by atoms with E-state index >= 15 is 0 Å². The summed E-state index contributed by atoms with van der Waals surface area (Å²) in [5.41, 5.74) is 2.11. The van der Waals surface area contributed by atoms with Crippen molar-refractivity contribution in [2.75, 3.05) is 0 Å². The quantitative estimate of drug-likeness (QED) is 0.797. The van der Waals surface area contributed by atoms with Gasteiger partial charge in [0.1, 0.15) is 0 Å². The van der Waals surface area contributed by atoms with Crippen molar-refractivity contribution in [3.8, 4) is 0 Å². The lowest BCUT2D eigenvalue weighted by Gasteiger charge is -2.14. The number of hydrogen-bond acceptors (Lipinski definition) is 3. The first-order valence-electron chi connectivity index (χ1n) is 5.93. The van der Waals surface area contributed by atoms with E-state index in [0.717, 1.165) is 16.0 Å². The fraction of sp³-hybridized carbons (Fsp3) is 0.143. The van der Waals surface area contributed by atoms with Gasteiger partial charge in [-0.1, -0.05) is 35.9 Å². The molecule has 5 heteroatoms. The molecule has 3 rings (SSSR count). The van der Waals surface area contributed by atoms with E-state index in [1.54, 1.807) is 12.1 Å². The molecule has 0 radical (unpaired) electrons. The van der Waals surface area contributed by atoms with E-state index in [9.17, 15) is 8.42 Å².